The van der Waals surface area contributed by atoms with Gasteiger partial charge in [0, 0.05) is 11.8 Å². The molecule has 1 aromatic rings. The van der Waals surface area contributed by atoms with E-state index < -0.39 is 20.0 Å². The van der Waals surface area contributed by atoms with E-state index in [1.54, 1.807) is 0 Å². The molecule has 3 atom stereocenters. The van der Waals surface area contributed by atoms with Crippen LogP contribution >= 0.6 is 7.60 Å². The Morgan fingerprint density at radius 1 is 0.887 bits per heavy atom. The molecule has 8 nitrogen and oxygen atoms in total. The minimum absolute atomic E-state index is 0.124. The van der Waals surface area contributed by atoms with Crippen molar-refractivity contribution in [3.8, 4) is 0 Å². The van der Waals surface area contributed by atoms with Gasteiger partial charge in [0.15, 0.2) is 6.79 Å². The zero-order valence-electron chi connectivity index (χ0n) is 34.2. The van der Waals surface area contributed by atoms with Gasteiger partial charge in [-0.1, -0.05) is 110 Å². The van der Waals surface area contributed by atoms with Crippen molar-refractivity contribution in [3.63, 3.8) is 0 Å². The first-order valence-electron chi connectivity index (χ1n) is 20.7. The molecular formula is C44H73NO7P+. The van der Waals surface area contributed by atoms with Crippen LogP contribution in [0.25, 0.3) is 5.57 Å². The number of hydrogen-bond donors (Lipinski definition) is 0. The second-order valence-electron chi connectivity index (χ2n) is 16.0. The number of rotatable bonds is 25. The number of carbonyl (C=O) groups is 1. The first-order valence-corrected chi connectivity index (χ1v) is 22.3. The van der Waals surface area contributed by atoms with Crippen molar-refractivity contribution < 1.29 is 37.1 Å². The minimum Gasteiger partial charge on any atom is -0.472 e. The van der Waals surface area contributed by atoms with E-state index in [0.717, 1.165) is 95.9 Å². The maximum absolute atomic E-state index is 14.4. The highest BCUT2D eigenvalue weighted by Gasteiger charge is 2.35. The Kier molecular flexibility index (Phi) is 20.0. The molecule has 53 heavy (non-hydrogen) atoms. The summed E-state index contributed by atoms with van der Waals surface area (Å²) in [5, 5.41) is 0. The van der Waals surface area contributed by atoms with Crippen LogP contribution in [0.4, 0.5) is 0 Å². The lowest BCUT2D eigenvalue weighted by molar-refractivity contribution is -0.921. The topological polar surface area (TPSA) is 80.3 Å². The van der Waals surface area contributed by atoms with Crippen molar-refractivity contribution in [2.45, 2.75) is 143 Å². The van der Waals surface area contributed by atoms with Crippen molar-refractivity contribution in [1.29, 1.82) is 0 Å². The third kappa shape index (κ3) is 15.3. The Bertz CT molecular complexity index is 1340. The fraction of sp³-hybridized carbons (Fsp3) is 0.705. The Labute approximate surface area is 322 Å². The predicted molar refractivity (Wildman–Crippen MR) is 217 cm³/mol. The molecule has 300 valence electrons. The predicted octanol–water partition coefficient (Wildman–Crippen LogP) is 12.1. The zero-order chi connectivity index (χ0) is 38.7. The van der Waals surface area contributed by atoms with E-state index in [1.807, 2.05) is 6.92 Å². The number of ether oxygens (including phenoxy) is 3. The molecule has 0 aromatic heterocycles. The van der Waals surface area contributed by atoms with Gasteiger partial charge in [-0.3, -0.25) is 22.9 Å². The lowest BCUT2D eigenvalue weighted by Crippen LogP contribution is -2.47. The molecule has 0 radical (unpaired) electrons. The smallest absolute Gasteiger partial charge is 0.339 e. The number of esters is 1. The molecule has 9 heteroatoms. The lowest BCUT2D eigenvalue weighted by atomic mass is 9.88. The highest BCUT2D eigenvalue weighted by Crippen LogP contribution is 2.54. The molecule has 0 N–H and O–H groups in total. The van der Waals surface area contributed by atoms with Crippen LogP contribution < -0.4 is 0 Å². The summed E-state index contributed by atoms with van der Waals surface area (Å²) in [6.45, 7) is 20.5. The van der Waals surface area contributed by atoms with Gasteiger partial charge in [-0.25, -0.2) is 0 Å². The quantitative estimate of drug-likeness (QED) is 0.0323. The number of likely N-dealkylation sites (N-methyl/N-ethyl adjacent to an activating group) is 1. The summed E-state index contributed by atoms with van der Waals surface area (Å²) in [5.41, 5.74) is 3.29. The second kappa shape index (κ2) is 23.5. The van der Waals surface area contributed by atoms with Crippen molar-refractivity contribution in [1.82, 2.24) is 0 Å². The average molecular weight is 759 g/mol. The summed E-state index contributed by atoms with van der Waals surface area (Å²) in [6, 6.07) is 8.48. The van der Waals surface area contributed by atoms with Crippen LogP contribution in [-0.2, 0) is 32.6 Å². The van der Waals surface area contributed by atoms with Gasteiger partial charge in [0.1, 0.15) is 6.54 Å². The number of allylic oxidation sites excluding steroid dienone is 3. The molecule has 0 aliphatic heterocycles. The average Bonchev–Trinajstić information content (AvgIpc) is 3.16. The van der Waals surface area contributed by atoms with Gasteiger partial charge in [-0.05, 0) is 88.0 Å². The molecule has 1 aromatic carbocycles. The summed E-state index contributed by atoms with van der Waals surface area (Å²) in [7, 11) is -1.52. The maximum Gasteiger partial charge on any atom is 0.339 e. The Morgan fingerprint density at radius 2 is 1.47 bits per heavy atom. The Morgan fingerprint density at radius 3 is 2.08 bits per heavy atom. The van der Waals surface area contributed by atoms with Crippen LogP contribution in [0.2, 0.25) is 0 Å². The molecule has 0 spiro atoms. The van der Waals surface area contributed by atoms with E-state index in [0.29, 0.717) is 29.3 Å². The highest BCUT2D eigenvalue weighted by atomic mass is 31.2. The normalized spacial score (nSPS) is 18.9. The second-order valence-corrected chi connectivity index (χ2v) is 18.5. The third-order valence-electron chi connectivity index (χ3n) is 11.5. The van der Waals surface area contributed by atoms with Crippen LogP contribution in [0.3, 0.4) is 0 Å². The third-order valence-corrected chi connectivity index (χ3v) is 13.7. The molecule has 0 bridgehead atoms. The van der Waals surface area contributed by atoms with Crippen molar-refractivity contribution in [2.24, 2.45) is 17.8 Å². The van der Waals surface area contributed by atoms with Gasteiger partial charge in [0.2, 0.25) is 13.5 Å². The van der Waals surface area contributed by atoms with Gasteiger partial charge in [-0.2, -0.15) is 0 Å². The number of aryl methyl sites for hydroxylation is 1. The fourth-order valence-corrected chi connectivity index (χ4v) is 9.24. The maximum atomic E-state index is 14.4. The number of nitrogens with zero attached hydrogens (tertiary/aromatic N) is 1. The number of quaternary nitrogens is 1. The van der Waals surface area contributed by atoms with Gasteiger partial charge in [-0.15, -0.1) is 0 Å². The summed E-state index contributed by atoms with van der Waals surface area (Å²) in [4.78, 5) is 12.8. The van der Waals surface area contributed by atoms with Crippen LogP contribution in [-0.4, -0.2) is 56.6 Å². The van der Waals surface area contributed by atoms with Gasteiger partial charge in [0.05, 0.1) is 36.7 Å². The fourth-order valence-electron chi connectivity index (χ4n) is 7.76. The minimum atomic E-state index is -3.74. The molecule has 3 rings (SSSR count). The zero-order valence-corrected chi connectivity index (χ0v) is 35.1. The summed E-state index contributed by atoms with van der Waals surface area (Å²) < 4.78 is 44.8. The Balaban J connectivity index is 1.69. The van der Waals surface area contributed by atoms with Gasteiger partial charge < -0.3 is 14.2 Å². The molecular weight excluding hydrogens is 685 g/mol. The first-order chi connectivity index (χ1) is 25.4. The van der Waals surface area contributed by atoms with Crippen LogP contribution in [0.1, 0.15) is 142 Å². The molecule has 2 aliphatic rings. The summed E-state index contributed by atoms with van der Waals surface area (Å²) in [5.74, 6) is 1.78. The van der Waals surface area contributed by atoms with E-state index in [4.69, 9.17) is 23.3 Å². The van der Waals surface area contributed by atoms with Gasteiger partial charge >= 0.3 is 13.6 Å². The summed E-state index contributed by atoms with van der Waals surface area (Å²) in [6.07, 6.45) is 18.5. The first kappa shape index (κ1) is 45.0. The lowest BCUT2D eigenvalue weighted by Gasteiger charge is -2.35. The molecule has 2 fully saturated rings. The molecule has 0 amide bonds. The van der Waals surface area contributed by atoms with Crippen LogP contribution in [0.15, 0.2) is 55.0 Å². The standard InChI is InChI=1S/C44H73NO7P/c1-9-20-40(21-10-2)39(7)49-33-51-53(47,52-34-50-44(46)42-26-15-12-16-27-42)37(5)23-19-30-45(8,32-48-38(6)41-24-13-11-14-25-41)31-29-36(4)43-28-18-17-22-35(43)3/h17-18,22,28-29,37,40-42H,6-7,9-16,19-21,23-27,30-34H2,1-5,8H3/q+1/b36-29+. The van der Waals surface area contributed by atoms with E-state index in [9.17, 15) is 9.36 Å². The van der Waals surface area contributed by atoms with E-state index in [1.165, 1.54) is 36.0 Å². The molecule has 2 aliphatic carbocycles. The summed E-state index contributed by atoms with van der Waals surface area (Å²) >= 11 is 0. The van der Waals surface area contributed by atoms with E-state index in [-0.39, 0.29) is 24.6 Å². The van der Waals surface area contributed by atoms with E-state index in [2.05, 4.69) is 78.2 Å². The molecule has 2 saturated carbocycles. The van der Waals surface area contributed by atoms with Crippen molar-refractivity contribution in [3.05, 3.63) is 66.1 Å². The van der Waals surface area contributed by atoms with Crippen molar-refractivity contribution >= 4 is 19.1 Å². The largest absolute Gasteiger partial charge is 0.472 e. The number of hydrogen-bond acceptors (Lipinski definition) is 7. The molecule has 3 unspecified atom stereocenters. The number of benzene rings is 1. The molecule has 0 saturated heterocycles. The van der Waals surface area contributed by atoms with E-state index >= 15 is 0 Å². The molecule has 0 heterocycles. The van der Waals surface area contributed by atoms with Crippen LogP contribution in [0, 0.1) is 24.7 Å². The monoisotopic (exact) mass is 759 g/mol. The SMILES string of the molecule is C=C(OCOP(=O)(OCOC(=O)C1CCCCC1)C(C)CCC[N+](C)(C/C=C(\C)c1ccccc1C)COC(=C)C1CCCCC1)C(CCC)CCC. The Hall–Kier alpha value is -2.38. The number of carbonyl (C=O) groups excluding carboxylic acids is 1. The highest BCUT2D eigenvalue weighted by molar-refractivity contribution is 7.54. The van der Waals surface area contributed by atoms with Crippen LogP contribution in [0.5, 0.6) is 0 Å². The van der Waals surface area contributed by atoms with Gasteiger partial charge in [0.25, 0.3) is 0 Å². The van der Waals surface area contributed by atoms with Crippen molar-refractivity contribution in [2.75, 3.05) is 40.5 Å².